The van der Waals surface area contributed by atoms with E-state index >= 15 is 0 Å². The maximum Gasteiger partial charge on any atom is 0.406 e. The standard InChI is InChI=1S/C14H23F3N4/c1-18-5-2-12-3-7-20(8-4-12)10-13-19-6-9-21(13)11-14(15,16)17/h6,9,12,18H,2-5,7-8,10-11H2,1H3. The SMILES string of the molecule is CNCCC1CCN(Cc2nccn2CC(F)(F)F)CC1. The van der Waals surface area contributed by atoms with Gasteiger partial charge in [-0.3, -0.25) is 4.90 Å². The number of hydrogen-bond donors (Lipinski definition) is 1. The van der Waals surface area contributed by atoms with E-state index in [1.807, 2.05) is 7.05 Å². The molecule has 0 aromatic carbocycles. The van der Waals surface area contributed by atoms with Gasteiger partial charge in [0.15, 0.2) is 0 Å². The van der Waals surface area contributed by atoms with Crippen LogP contribution in [0.2, 0.25) is 0 Å². The Kier molecular flexibility index (Phi) is 5.64. The lowest BCUT2D eigenvalue weighted by molar-refractivity contribution is -0.141. The monoisotopic (exact) mass is 304 g/mol. The molecule has 0 unspecified atom stereocenters. The molecule has 0 spiro atoms. The summed E-state index contributed by atoms with van der Waals surface area (Å²) in [5.41, 5.74) is 0. The summed E-state index contributed by atoms with van der Waals surface area (Å²) in [6.45, 7) is 2.45. The molecule has 0 aliphatic carbocycles. The smallest absolute Gasteiger partial charge is 0.325 e. The highest BCUT2D eigenvalue weighted by atomic mass is 19.4. The third-order valence-corrected chi connectivity index (χ3v) is 4.03. The van der Waals surface area contributed by atoms with Gasteiger partial charge in [-0.1, -0.05) is 0 Å². The first-order chi connectivity index (χ1) is 9.98. The molecule has 1 aromatic rings. The Morgan fingerprint density at radius 1 is 1.33 bits per heavy atom. The van der Waals surface area contributed by atoms with Gasteiger partial charge in [0.2, 0.25) is 0 Å². The Morgan fingerprint density at radius 3 is 2.67 bits per heavy atom. The van der Waals surface area contributed by atoms with Crippen molar-refractivity contribution in [1.29, 1.82) is 0 Å². The molecule has 1 aliphatic rings. The van der Waals surface area contributed by atoms with Crippen LogP contribution in [0.4, 0.5) is 13.2 Å². The summed E-state index contributed by atoms with van der Waals surface area (Å²) in [4.78, 5) is 6.27. The number of halogens is 3. The Hall–Kier alpha value is -1.08. The molecular formula is C14H23F3N4. The summed E-state index contributed by atoms with van der Waals surface area (Å²) in [7, 11) is 1.95. The minimum absolute atomic E-state index is 0.501. The first-order valence-corrected chi connectivity index (χ1v) is 7.41. The predicted molar refractivity (Wildman–Crippen MR) is 74.8 cm³/mol. The van der Waals surface area contributed by atoms with Crippen LogP contribution in [0.25, 0.3) is 0 Å². The third-order valence-electron chi connectivity index (χ3n) is 4.03. The van der Waals surface area contributed by atoms with Crippen molar-refractivity contribution in [3.05, 3.63) is 18.2 Å². The lowest BCUT2D eigenvalue weighted by atomic mass is 9.93. The van der Waals surface area contributed by atoms with Crippen molar-refractivity contribution in [2.75, 3.05) is 26.7 Å². The molecule has 4 nitrogen and oxygen atoms in total. The average Bonchev–Trinajstić information content (AvgIpc) is 2.83. The fourth-order valence-corrected chi connectivity index (χ4v) is 2.81. The van der Waals surface area contributed by atoms with E-state index in [1.165, 1.54) is 23.4 Å². The van der Waals surface area contributed by atoms with E-state index in [0.29, 0.717) is 12.4 Å². The Balaban J connectivity index is 1.82. The zero-order valence-electron chi connectivity index (χ0n) is 12.4. The molecule has 0 radical (unpaired) electrons. The van der Waals surface area contributed by atoms with Gasteiger partial charge in [-0.15, -0.1) is 0 Å². The lowest BCUT2D eigenvalue weighted by Crippen LogP contribution is -2.35. The van der Waals surface area contributed by atoms with Crippen molar-refractivity contribution < 1.29 is 13.2 Å². The molecule has 2 heterocycles. The normalized spacial score (nSPS) is 18.3. The highest BCUT2D eigenvalue weighted by Crippen LogP contribution is 2.22. The van der Waals surface area contributed by atoms with Crippen LogP contribution in [-0.2, 0) is 13.1 Å². The number of hydrogen-bond acceptors (Lipinski definition) is 3. The first-order valence-electron chi connectivity index (χ1n) is 7.41. The van der Waals surface area contributed by atoms with Crippen molar-refractivity contribution in [1.82, 2.24) is 19.8 Å². The topological polar surface area (TPSA) is 33.1 Å². The van der Waals surface area contributed by atoms with Crippen LogP contribution in [0.5, 0.6) is 0 Å². The van der Waals surface area contributed by atoms with E-state index in [-0.39, 0.29) is 0 Å². The van der Waals surface area contributed by atoms with E-state index in [1.54, 1.807) is 0 Å². The maximum atomic E-state index is 12.5. The predicted octanol–water partition coefficient (Wildman–Crippen LogP) is 2.27. The van der Waals surface area contributed by atoms with Gasteiger partial charge in [0.25, 0.3) is 0 Å². The van der Waals surface area contributed by atoms with Crippen LogP contribution in [0.1, 0.15) is 25.1 Å². The molecule has 7 heteroatoms. The van der Waals surface area contributed by atoms with Crippen molar-refractivity contribution >= 4 is 0 Å². The fourth-order valence-electron chi connectivity index (χ4n) is 2.81. The Bertz CT molecular complexity index is 422. The van der Waals surface area contributed by atoms with Crippen LogP contribution >= 0.6 is 0 Å². The summed E-state index contributed by atoms with van der Waals surface area (Å²) in [5.74, 6) is 1.23. The van der Waals surface area contributed by atoms with Gasteiger partial charge < -0.3 is 9.88 Å². The van der Waals surface area contributed by atoms with Crippen LogP contribution < -0.4 is 5.32 Å². The number of rotatable bonds is 6. The molecule has 0 amide bonds. The molecule has 1 aliphatic heterocycles. The molecule has 0 saturated carbocycles. The molecule has 0 atom stereocenters. The zero-order chi connectivity index (χ0) is 15.3. The van der Waals surface area contributed by atoms with Gasteiger partial charge in [-0.2, -0.15) is 13.2 Å². The van der Waals surface area contributed by atoms with E-state index in [4.69, 9.17) is 0 Å². The maximum absolute atomic E-state index is 12.5. The summed E-state index contributed by atoms with van der Waals surface area (Å²) in [5, 5.41) is 3.16. The largest absolute Gasteiger partial charge is 0.406 e. The van der Waals surface area contributed by atoms with Crippen LogP contribution in [0.15, 0.2) is 12.4 Å². The van der Waals surface area contributed by atoms with Crippen molar-refractivity contribution in [3.8, 4) is 0 Å². The highest BCUT2D eigenvalue weighted by molar-refractivity contribution is 4.93. The van der Waals surface area contributed by atoms with Crippen molar-refractivity contribution in [3.63, 3.8) is 0 Å². The van der Waals surface area contributed by atoms with Crippen molar-refractivity contribution in [2.24, 2.45) is 5.92 Å². The minimum Gasteiger partial charge on any atom is -0.325 e. The number of imidazole rings is 1. The minimum atomic E-state index is -4.20. The first kappa shape index (κ1) is 16.3. The molecule has 1 fully saturated rings. The number of nitrogens with zero attached hydrogens (tertiary/aromatic N) is 3. The number of aromatic nitrogens is 2. The second kappa shape index (κ2) is 7.26. The number of piperidine rings is 1. The number of alkyl halides is 3. The molecule has 21 heavy (non-hydrogen) atoms. The molecule has 120 valence electrons. The van der Waals surface area contributed by atoms with Crippen LogP contribution in [0, 0.1) is 5.92 Å². The molecule has 1 saturated heterocycles. The summed E-state index contributed by atoms with van der Waals surface area (Å²) >= 11 is 0. The van der Waals surface area contributed by atoms with E-state index in [0.717, 1.165) is 38.4 Å². The van der Waals surface area contributed by atoms with Gasteiger partial charge >= 0.3 is 6.18 Å². The Labute approximate surface area is 123 Å². The van der Waals surface area contributed by atoms with Gasteiger partial charge in [0.05, 0.1) is 6.54 Å². The molecule has 1 aromatic heterocycles. The van der Waals surface area contributed by atoms with Gasteiger partial charge in [-0.25, -0.2) is 4.98 Å². The second-order valence-electron chi connectivity index (χ2n) is 5.70. The fraction of sp³-hybridized carbons (Fsp3) is 0.786. The second-order valence-corrected chi connectivity index (χ2v) is 5.70. The molecule has 1 N–H and O–H groups in total. The third kappa shape index (κ3) is 5.32. The molecular weight excluding hydrogens is 281 g/mol. The summed E-state index contributed by atoms with van der Waals surface area (Å²) in [6.07, 6.45) is 2.05. The highest BCUT2D eigenvalue weighted by Gasteiger charge is 2.29. The number of nitrogens with one attached hydrogen (secondary N) is 1. The van der Waals surface area contributed by atoms with E-state index in [2.05, 4.69) is 15.2 Å². The Morgan fingerprint density at radius 2 is 2.05 bits per heavy atom. The van der Waals surface area contributed by atoms with Crippen molar-refractivity contribution in [2.45, 2.75) is 38.5 Å². The van der Waals surface area contributed by atoms with Gasteiger partial charge in [0, 0.05) is 12.4 Å². The lowest BCUT2D eigenvalue weighted by Gasteiger charge is -2.31. The van der Waals surface area contributed by atoms with E-state index in [9.17, 15) is 13.2 Å². The number of likely N-dealkylation sites (tertiary alicyclic amines) is 1. The van der Waals surface area contributed by atoms with Crippen LogP contribution in [-0.4, -0.2) is 47.3 Å². The quantitative estimate of drug-likeness (QED) is 0.875. The van der Waals surface area contributed by atoms with Gasteiger partial charge in [0.1, 0.15) is 12.4 Å². The average molecular weight is 304 g/mol. The zero-order valence-corrected chi connectivity index (χ0v) is 12.4. The summed E-state index contributed by atoms with van der Waals surface area (Å²) < 4.78 is 38.6. The van der Waals surface area contributed by atoms with E-state index < -0.39 is 12.7 Å². The molecule has 0 bridgehead atoms. The summed E-state index contributed by atoms with van der Waals surface area (Å²) in [6, 6.07) is 0. The molecule has 2 rings (SSSR count). The van der Waals surface area contributed by atoms with Gasteiger partial charge in [-0.05, 0) is 51.9 Å². The van der Waals surface area contributed by atoms with Crippen LogP contribution in [0.3, 0.4) is 0 Å².